The number of nitrogens with one attached hydrogen (secondary N) is 2. The van der Waals surface area contributed by atoms with Crippen molar-refractivity contribution in [1.82, 2.24) is 19.9 Å². The van der Waals surface area contributed by atoms with E-state index in [0.29, 0.717) is 23.7 Å². The van der Waals surface area contributed by atoms with Crippen LogP contribution in [0, 0.1) is 11.3 Å². The molecule has 0 atom stereocenters. The Hall–Kier alpha value is -3.20. The molecule has 2 N–H and O–H groups in total. The fourth-order valence-corrected chi connectivity index (χ4v) is 2.82. The Morgan fingerprint density at radius 3 is 3.00 bits per heavy atom. The third-order valence-electron chi connectivity index (χ3n) is 3.76. The van der Waals surface area contributed by atoms with Crippen molar-refractivity contribution in [3.05, 3.63) is 46.8 Å². The number of fused-ring (bicyclic) bond motifs is 6. The van der Waals surface area contributed by atoms with Crippen molar-refractivity contribution in [1.29, 1.82) is 5.26 Å². The smallest absolute Gasteiger partial charge is 0.258 e. The predicted molar refractivity (Wildman–Crippen MR) is 83.5 cm³/mol. The van der Waals surface area contributed by atoms with Crippen LogP contribution in [0.1, 0.15) is 12.2 Å². The van der Waals surface area contributed by atoms with E-state index in [1.54, 1.807) is 12.4 Å². The Bertz CT molecular complexity index is 1120. The molecule has 0 spiro atoms. The van der Waals surface area contributed by atoms with Crippen molar-refractivity contribution in [2.24, 2.45) is 0 Å². The van der Waals surface area contributed by atoms with Crippen LogP contribution in [0.15, 0.2) is 35.4 Å². The number of imidazole rings is 1. The van der Waals surface area contributed by atoms with Crippen molar-refractivity contribution in [3.63, 3.8) is 0 Å². The number of aryl methyl sites for hydroxylation is 1. The number of hydrogen-bond donors (Lipinski definition) is 2. The first-order chi connectivity index (χ1) is 10.8. The van der Waals surface area contributed by atoms with Crippen LogP contribution in [-0.4, -0.2) is 19.9 Å². The Morgan fingerprint density at radius 2 is 2.14 bits per heavy atom. The molecule has 0 amide bonds. The zero-order valence-electron chi connectivity index (χ0n) is 11.6. The van der Waals surface area contributed by atoms with E-state index in [4.69, 9.17) is 5.26 Å². The maximum atomic E-state index is 12.2. The largest absolute Gasteiger partial charge is 0.341 e. The Labute approximate surface area is 124 Å². The number of H-pyrrole nitrogens is 2. The summed E-state index contributed by atoms with van der Waals surface area (Å²) >= 11 is 0. The average molecular weight is 289 g/mol. The van der Waals surface area contributed by atoms with E-state index in [2.05, 4.69) is 26.0 Å². The topological polar surface area (TPSA) is 98.2 Å². The molecular formula is C16H11N5O. The summed E-state index contributed by atoms with van der Waals surface area (Å²) in [5.74, 6) is 0.745. The van der Waals surface area contributed by atoms with E-state index in [1.807, 2.05) is 18.2 Å². The van der Waals surface area contributed by atoms with Gasteiger partial charge in [0.1, 0.15) is 5.82 Å². The minimum atomic E-state index is -0.170. The maximum Gasteiger partial charge on any atom is 0.258 e. The average Bonchev–Trinajstić information content (AvgIpc) is 2.97. The molecule has 0 aliphatic rings. The third kappa shape index (κ3) is 1.69. The van der Waals surface area contributed by atoms with Gasteiger partial charge in [-0.1, -0.05) is 0 Å². The summed E-state index contributed by atoms with van der Waals surface area (Å²) in [4.78, 5) is 27.2. The standard InChI is InChI=1S/C16H11N5O/c17-6-1-4-11-20-14-9-5-8-19-16(22)12(9)13-10(15(14)21-11)3-2-7-18-13/h2-3,5,7-8H,1,4H2,(H,19,22)(H,20,21). The van der Waals surface area contributed by atoms with Gasteiger partial charge >= 0.3 is 0 Å². The van der Waals surface area contributed by atoms with E-state index >= 15 is 0 Å². The Kier molecular flexibility index (Phi) is 2.66. The first-order valence-corrected chi connectivity index (χ1v) is 6.93. The second-order valence-corrected chi connectivity index (χ2v) is 5.06. The highest BCUT2D eigenvalue weighted by Gasteiger charge is 2.15. The van der Waals surface area contributed by atoms with Gasteiger partial charge in [0.05, 0.1) is 28.0 Å². The van der Waals surface area contributed by atoms with Gasteiger partial charge in [-0.3, -0.25) is 9.78 Å². The third-order valence-corrected chi connectivity index (χ3v) is 3.76. The number of aromatic amines is 2. The number of nitriles is 1. The number of pyridine rings is 2. The molecule has 106 valence electrons. The number of nitrogens with zero attached hydrogens (tertiary/aromatic N) is 3. The molecule has 3 heterocycles. The maximum absolute atomic E-state index is 12.2. The quantitative estimate of drug-likeness (QED) is 0.553. The first-order valence-electron chi connectivity index (χ1n) is 6.93. The molecule has 0 saturated carbocycles. The van der Waals surface area contributed by atoms with Gasteiger partial charge in [-0.15, -0.1) is 0 Å². The summed E-state index contributed by atoms with van der Waals surface area (Å²) < 4.78 is 0. The Balaban J connectivity index is 2.22. The van der Waals surface area contributed by atoms with E-state index in [-0.39, 0.29) is 5.56 Å². The molecule has 6 nitrogen and oxygen atoms in total. The molecule has 22 heavy (non-hydrogen) atoms. The lowest BCUT2D eigenvalue weighted by atomic mass is 10.1. The van der Waals surface area contributed by atoms with E-state index < -0.39 is 0 Å². The molecule has 1 aromatic carbocycles. The summed E-state index contributed by atoms with van der Waals surface area (Å²) in [5, 5.41) is 10.9. The van der Waals surface area contributed by atoms with Gasteiger partial charge in [-0.05, 0) is 18.2 Å². The van der Waals surface area contributed by atoms with Crippen LogP contribution < -0.4 is 5.56 Å². The molecule has 0 bridgehead atoms. The van der Waals surface area contributed by atoms with Gasteiger partial charge in [0.2, 0.25) is 0 Å². The molecule has 0 radical (unpaired) electrons. The lowest BCUT2D eigenvalue weighted by molar-refractivity contribution is 0.925. The fraction of sp³-hybridized carbons (Fsp3) is 0.125. The minimum absolute atomic E-state index is 0.170. The van der Waals surface area contributed by atoms with Gasteiger partial charge in [-0.2, -0.15) is 5.26 Å². The highest BCUT2D eigenvalue weighted by Crippen LogP contribution is 2.30. The molecule has 0 unspecified atom stereocenters. The first kappa shape index (κ1) is 12.5. The van der Waals surface area contributed by atoms with Crippen LogP contribution in [0.3, 0.4) is 0 Å². The lowest BCUT2D eigenvalue weighted by Gasteiger charge is -2.03. The van der Waals surface area contributed by atoms with E-state index in [9.17, 15) is 4.79 Å². The van der Waals surface area contributed by atoms with Crippen molar-refractivity contribution < 1.29 is 0 Å². The SMILES string of the molecule is N#CCCc1nc2c3cccnc3c3c(=O)[nH]ccc3c2[nH]1. The molecule has 4 aromatic rings. The number of rotatable bonds is 2. The van der Waals surface area contributed by atoms with Gasteiger partial charge < -0.3 is 9.97 Å². The summed E-state index contributed by atoms with van der Waals surface area (Å²) in [6.07, 6.45) is 4.24. The fourth-order valence-electron chi connectivity index (χ4n) is 2.82. The van der Waals surface area contributed by atoms with Crippen LogP contribution >= 0.6 is 0 Å². The number of aromatic nitrogens is 4. The monoisotopic (exact) mass is 289 g/mol. The van der Waals surface area contributed by atoms with Crippen LogP contribution in [0.2, 0.25) is 0 Å². The van der Waals surface area contributed by atoms with Crippen LogP contribution in [-0.2, 0) is 6.42 Å². The molecule has 0 fully saturated rings. The van der Waals surface area contributed by atoms with Crippen molar-refractivity contribution in [2.45, 2.75) is 12.8 Å². The number of benzene rings is 1. The highest BCUT2D eigenvalue weighted by atomic mass is 16.1. The molecular weight excluding hydrogens is 278 g/mol. The zero-order chi connectivity index (χ0) is 15.1. The molecule has 0 aliphatic carbocycles. The normalized spacial score (nSPS) is 11.2. The van der Waals surface area contributed by atoms with Crippen LogP contribution in [0.5, 0.6) is 0 Å². The van der Waals surface area contributed by atoms with E-state index in [0.717, 1.165) is 27.6 Å². The molecule has 0 saturated heterocycles. The second-order valence-electron chi connectivity index (χ2n) is 5.06. The van der Waals surface area contributed by atoms with Gasteiger partial charge in [0.15, 0.2) is 0 Å². The summed E-state index contributed by atoms with van der Waals surface area (Å²) in [7, 11) is 0. The van der Waals surface area contributed by atoms with Gasteiger partial charge in [0, 0.05) is 36.0 Å². The molecule has 0 aliphatic heterocycles. The number of hydrogen-bond acceptors (Lipinski definition) is 4. The predicted octanol–water partition coefficient (Wildman–Crippen LogP) is 2.41. The summed E-state index contributed by atoms with van der Waals surface area (Å²) in [6, 6.07) is 7.70. The lowest BCUT2D eigenvalue weighted by Crippen LogP contribution is -2.06. The molecule has 3 aromatic heterocycles. The summed E-state index contributed by atoms with van der Waals surface area (Å²) in [6.45, 7) is 0. The molecule has 6 heteroatoms. The van der Waals surface area contributed by atoms with E-state index in [1.165, 1.54) is 0 Å². The van der Waals surface area contributed by atoms with Crippen LogP contribution in [0.4, 0.5) is 0 Å². The van der Waals surface area contributed by atoms with Gasteiger partial charge in [0.25, 0.3) is 5.56 Å². The molecule has 4 rings (SSSR count). The van der Waals surface area contributed by atoms with Gasteiger partial charge in [-0.25, -0.2) is 4.98 Å². The van der Waals surface area contributed by atoms with Crippen molar-refractivity contribution >= 4 is 32.7 Å². The second kappa shape index (κ2) is 4.67. The Morgan fingerprint density at radius 1 is 1.23 bits per heavy atom. The summed E-state index contributed by atoms with van der Waals surface area (Å²) in [5.41, 5.74) is 2.07. The van der Waals surface area contributed by atoms with Crippen molar-refractivity contribution in [3.8, 4) is 6.07 Å². The highest BCUT2D eigenvalue weighted by molar-refractivity contribution is 6.21. The zero-order valence-corrected chi connectivity index (χ0v) is 11.6. The van der Waals surface area contributed by atoms with Crippen LogP contribution in [0.25, 0.3) is 32.7 Å². The minimum Gasteiger partial charge on any atom is -0.341 e. The van der Waals surface area contributed by atoms with Crippen molar-refractivity contribution in [2.75, 3.05) is 0 Å².